The average molecular weight is 120 g/mol. The summed E-state index contributed by atoms with van der Waals surface area (Å²) >= 11 is 0. The van der Waals surface area contributed by atoms with Gasteiger partial charge in [-0.05, 0) is 12.8 Å². The Morgan fingerprint density at radius 2 is 2.00 bits per heavy atom. The average Bonchev–Trinajstić information content (AvgIpc) is 1.67. The standard InChI is InChI=1S/C6H13FO/c1-5(2)6(3,8)4-7/h5,8H,4H2,1-3H3. The van der Waals surface area contributed by atoms with E-state index in [2.05, 4.69) is 0 Å². The minimum absolute atomic E-state index is 0.00694. The van der Waals surface area contributed by atoms with Crippen LogP contribution in [0, 0.1) is 5.92 Å². The predicted octanol–water partition coefficient (Wildman–Crippen LogP) is 1.36. The van der Waals surface area contributed by atoms with Crippen LogP contribution in [0.25, 0.3) is 0 Å². The molecule has 1 nitrogen and oxygen atoms in total. The molecule has 0 aliphatic heterocycles. The molecule has 0 aromatic heterocycles. The maximum atomic E-state index is 11.8. The Labute approximate surface area is 49.5 Å². The fourth-order valence-corrected chi connectivity index (χ4v) is 0.154. The van der Waals surface area contributed by atoms with E-state index in [4.69, 9.17) is 5.11 Å². The van der Waals surface area contributed by atoms with Crippen LogP contribution in [-0.4, -0.2) is 17.4 Å². The van der Waals surface area contributed by atoms with Crippen LogP contribution in [0.5, 0.6) is 0 Å². The zero-order chi connectivity index (χ0) is 6.78. The fraction of sp³-hybridized carbons (Fsp3) is 1.00. The Morgan fingerprint density at radius 3 is 2.00 bits per heavy atom. The maximum Gasteiger partial charge on any atom is 0.118 e. The zero-order valence-corrected chi connectivity index (χ0v) is 5.61. The van der Waals surface area contributed by atoms with Crippen molar-refractivity contribution in [1.29, 1.82) is 0 Å². The van der Waals surface area contributed by atoms with Crippen LogP contribution in [-0.2, 0) is 0 Å². The molecule has 0 aromatic carbocycles. The van der Waals surface area contributed by atoms with Gasteiger partial charge in [-0.25, -0.2) is 4.39 Å². The highest BCUT2D eigenvalue weighted by atomic mass is 19.1. The third-order valence-corrected chi connectivity index (χ3v) is 1.51. The van der Waals surface area contributed by atoms with Crippen molar-refractivity contribution in [3.05, 3.63) is 0 Å². The molecule has 50 valence electrons. The molecule has 0 aliphatic carbocycles. The normalized spacial score (nSPS) is 18.8. The lowest BCUT2D eigenvalue weighted by Gasteiger charge is -2.23. The van der Waals surface area contributed by atoms with Crippen LogP contribution in [0.4, 0.5) is 4.39 Å². The molecule has 1 unspecified atom stereocenters. The highest BCUT2D eigenvalue weighted by Crippen LogP contribution is 2.15. The van der Waals surface area contributed by atoms with Gasteiger partial charge in [0.15, 0.2) is 0 Å². The van der Waals surface area contributed by atoms with E-state index in [0.29, 0.717) is 0 Å². The van der Waals surface area contributed by atoms with E-state index >= 15 is 0 Å². The van der Waals surface area contributed by atoms with Gasteiger partial charge in [-0.1, -0.05) is 13.8 Å². The Kier molecular flexibility index (Phi) is 2.41. The van der Waals surface area contributed by atoms with Gasteiger partial charge in [0.05, 0.1) is 5.60 Å². The molecular formula is C6H13FO. The smallest absolute Gasteiger partial charge is 0.118 e. The van der Waals surface area contributed by atoms with Crippen molar-refractivity contribution in [2.24, 2.45) is 5.92 Å². The van der Waals surface area contributed by atoms with Gasteiger partial charge in [-0.3, -0.25) is 0 Å². The molecule has 0 heterocycles. The van der Waals surface area contributed by atoms with Gasteiger partial charge in [0.1, 0.15) is 6.67 Å². The van der Waals surface area contributed by atoms with E-state index in [0.717, 1.165) is 0 Å². The van der Waals surface area contributed by atoms with Gasteiger partial charge in [0, 0.05) is 0 Å². The van der Waals surface area contributed by atoms with E-state index < -0.39 is 12.3 Å². The van der Waals surface area contributed by atoms with Crippen LogP contribution in [0.1, 0.15) is 20.8 Å². The molecule has 0 spiro atoms. The summed E-state index contributed by atoms with van der Waals surface area (Å²) in [6.45, 7) is 4.42. The van der Waals surface area contributed by atoms with Crippen LogP contribution < -0.4 is 0 Å². The monoisotopic (exact) mass is 120 g/mol. The van der Waals surface area contributed by atoms with Crippen molar-refractivity contribution in [2.45, 2.75) is 26.4 Å². The van der Waals surface area contributed by atoms with Gasteiger partial charge in [-0.15, -0.1) is 0 Å². The molecule has 0 bridgehead atoms. The number of alkyl halides is 1. The molecule has 1 atom stereocenters. The predicted molar refractivity (Wildman–Crippen MR) is 31.4 cm³/mol. The number of rotatable bonds is 2. The zero-order valence-electron chi connectivity index (χ0n) is 5.61. The summed E-state index contributed by atoms with van der Waals surface area (Å²) in [5.41, 5.74) is -1.12. The minimum Gasteiger partial charge on any atom is -0.387 e. The first-order valence-corrected chi connectivity index (χ1v) is 2.79. The molecule has 1 N–H and O–H groups in total. The molecule has 0 rings (SSSR count). The Bertz CT molecular complexity index is 68.9. The highest BCUT2D eigenvalue weighted by molar-refractivity contribution is 4.74. The Morgan fingerprint density at radius 1 is 1.62 bits per heavy atom. The van der Waals surface area contributed by atoms with Crippen molar-refractivity contribution in [3.63, 3.8) is 0 Å². The van der Waals surface area contributed by atoms with Crippen LogP contribution in [0.15, 0.2) is 0 Å². The van der Waals surface area contributed by atoms with Crippen molar-refractivity contribution in [2.75, 3.05) is 6.67 Å². The van der Waals surface area contributed by atoms with Gasteiger partial charge < -0.3 is 5.11 Å². The molecule has 2 heteroatoms. The minimum atomic E-state index is -1.12. The summed E-state index contributed by atoms with van der Waals surface area (Å²) < 4.78 is 11.8. The summed E-state index contributed by atoms with van der Waals surface area (Å²) in [6.07, 6.45) is 0. The molecule has 0 aromatic rings. The maximum absolute atomic E-state index is 11.8. The first-order chi connectivity index (χ1) is 3.50. The molecule has 8 heavy (non-hydrogen) atoms. The quantitative estimate of drug-likeness (QED) is 0.583. The van der Waals surface area contributed by atoms with Crippen molar-refractivity contribution < 1.29 is 9.50 Å². The van der Waals surface area contributed by atoms with E-state index in [-0.39, 0.29) is 5.92 Å². The molecule has 0 aliphatic rings. The summed E-state index contributed by atoms with van der Waals surface area (Å²) in [5.74, 6) is -0.00694. The highest BCUT2D eigenvalue weighted by Gasteiger charge is 2.23. The van der Waals surface area contributed by atoms with E-state index in [1.807, 2.05) is 0 Å². The van der Waals surface area contributed by atoms with Gasteiger partial charge in [0.2, 0.25) is 0 Å². The van der Waals surface area contributed by atoms with Crippen molar-refractivity contribution in [3.8, 4) is 0 Å². The third kappa shape index (κ3) is 1.78. The SMILES string of the molecule is CC(C)C(C)(O)CF. The molecule has 0 saturated heterocycles. The van der Waals surface area contributed by atoms with E-state index in [1.165, 1.54) is 6.92 Å². The molecular weight excluding hydrogens is 107 g/mol. The molecule has 0 saturated carbocycles. The number of aliphatic hydroxyl groups is 1. The molecule has 0 fully saturated rings. The summed E-state index contributed by atoms with van der Waals surface area (Å²) in [4.78, 5) is 0. The lowest BCUT2D eigenvalue weighted by atomic mass is 9.94. The first-order valence-electron chi connectivity index (χ1n) is 2.79. The van der Waals surface area contributed by atoms with Gasteiger partial charge in [0.25, 0.3) is 0 Å². The summed E-state index contributed by atoms with van der Waals surface area (Å²) in [5, 5.41) is 9.03. The Hall–Kier alpha value is -0.110. The van der Waals surface area contributed by atoms with Crippen LogP contribution in [0.3, 0.4) is 0 Å². The number of hydrogen-bond acceptors (Lipinski definition) is 1. The molecule has 0 amide bonds. The first kappa shape index (κ1) is 7.89. The molecule has 0 radical (unpaired) electrons. The summed E-state index contributed by atoms with van der Waals surface area (Å²) in [7, 11) is 0. The van der Waals surface area contributed by atoms with Crippen molar-refractivity contribution >= 4 is 0 Å². The van der Waals surface area contributed by atoms with Gasteiger partial charge in [-0.2, -0.15) is 0 Å². The third-order valence-electron chi connectivity index (χ3n) is 1.51. The lowest BCUT2D eigenvalue weighted by molar-refractivity contribution is -0.00860. The Balaban J connectivity index is 3.71. The number of halogens is 1. The lowest BCUT2D eigenvalue weighted by Crippen LogP contribution is -2.33. The summed E-state index contributed by atoms with van der Waals surface area (Å²) in [6, 6.07) is 0. The fourth-order valence-electron chi connectivity index (χ4n) is 0.154. The van der Waals surface area contributed by atoms with Gasteiger partial charge >= 0.3 is 0 Å². The number of hydrogen-bond donors (Lipinski definition) is 1. The van der Waals surface area contributed by atoms with E-state index in [1.54, 1.807) is 13.8 Å². The van der Waals surface area contributed by atoms with Crippen molar-refractivity contribution in [1.82, 2.24) is 0 Å². The second-order valence-corrected chi connectivity index (χ2v) is 2.65. The second-order valence-electron chi connectivity index (χ2n) is 2.65. The van der Waals surface area contributed by atoms with E-state index in [9.17, 15) is 4.39 Å². The topological polar surface area (TPSA) is 20.2 Å². The van der Waals surface area contributed by atoms with Crippen LogP contribution >= 0.6 is 0 Å². The largest absolute Gasteiger partial charge is 0.387 e. The van der Waals surface area contributed by atoms with Crippen LogP contribution in [0.2, 0.25) is 0 Å². The second kappa shape index (κ2) is 2.44.